The largest absolute Gasteiger partial charge is 0.248 e. The van der Waals surface area contributed by atoms with E-state index in [1.807, 2.05) is 0 Å². The van der Waals surface area contributed by atoms with Crippen LogP contribution in [0.25, 0.3) is 0 Å². The molecule has 0 aromatic rings. The minimum atomic E-state index is -3.04. The van der Waals surface area contributed by atoms with Crippen LogP contribution in [0.2, 0.25) is 0 Å². The molecule has 11 heavy (non-hydrogen) atoms. The van der Waals surface area contributed by atoms with Crippen LogP contribution in [0.1, 0.15) is 26.2 Å². The normalized spacial score (nSPS) is 13.6. The second-order valence-corrected chi connectivity index (χ2v) is 2.68. The van der Waals surface area contributed by atoms with Crippen LogP contribution in [0.3, 0.4) is 0 Å². The lowest BCUT2D eigenvalue weighted by atomic mass is 10.1. The molecule has 0 aromatic carbocycles. The Morgan fingerprint density at radius 1 is 1.09 bits per heavy atom. The van der Waals surface area contributed by atoms with E-state index >= 15 is 0 Å². The molecule has 0 bridgehead atoms. The molecule has 0 nitrogen and oxygen atoms in total. The van der Waals surface area contributed by atoms with Gasteiger partial charge in [0, 0.05) is 19.3 Å². The number of hydrogen-bond donors (Lipinski definition) is 0. The van der Waals surface area contributed by atoms with E-state index in [0.717, 1.165) is 0 Å². The maximum absolute atomic E-state index is 12.3. The predicted molar refractivity (Wildman–Crippen MR) is 34.8 cm³/mol. The van der Waals surface area contributed by atoms with Gasteiger partial charge in [-0.25, -0.2) is 17.6 Å². The first-order chi connectivity index (χ1) is 4.77. The standard InChI is InChI=1S/C7H11F4/c1-3-7(10,11)5-4-6(2,8)9/h1,3-5H2,2H3. The number of alkyl halides is 4. The van der Waals surface area contributed by atoms with Gasteiger partial charge in [0.1, 0.15) is 0 Å². The van der Waals surface area contributed by atoms with Gasteiger partial charge in [-0.3, -0.25) is 0 Å². The molecule has 67 valence electrons. The zero-order valence-electron chi connectivity index (χ0n) is 6.34. The van der Waals surface area contributed by atoms with Crippen LogP contribution in [0.4, 0.5) is 17.6 Å². The smallest absolute Gasteiger partial charge is 0.207 e. The Hall–Kier alpha value is -0.280. The van der Waals surface area contributed by atoms with Crippen molar-refractivity contribution < 1.29 is 17.6 Å². The van der Waals surface area contributed by atoms with Crippen LogP contribution in [0, 0.1) is 6.92 Å². The maximum atomic E-state index is 12.3. The molecule has 0 amide bonds. The average Bonchev–Trinajstić information content (AvgIpc) is 1.83. The third-order valence-electron chi connectivity index (χ3n) is 1.30. The topological polar surface area (TPSA) is 0 Å². The van der Waals surface area contributed by atoms with Crippen molar-refractivity contribution in [3.8, 4) is 0 Å². The van der Waals surface area contributed by atoms with Crippen LogP contribution >= 0.6 is 0 Å². The molecule has 0 rings (SSSR count). The van der Waals surface area contributed by atoms with E-state index in [4.69, 9.17) is 0 Å². The van der Waals surface area contributed by atoms with Crippen LogP contribution in [-0.4, -0.2) is 11.8 Å². The fraction of sp³-hybridized carbons (Fsp3) is 0.857. The van der Waals surface area contributed by atoms with Gasteiger partial charge in [-0.1, -0.05) is 0 Å². The highest BCUT2D eigenvalue weighted by Crippen LogP contribution is 2.29. The van der Waals surface area contributed by atoms with E-state index in [0.29, 0.717) is 6.92 Å². The number of hydrogen-bond acceptors (Lipinski definition) is 0. The van der Waals surface area contributed by atoms with Gasteiger partial charge in [-0.15, -0.1) is 0 Å². The van der Waals surface area contributed by atoms with Crippen molar-refractivity contribution >= 4 is 0 Å². The second kappa shape index (κ2) is 3.41. The minimum absolute atomic E-state index is 0.622. The summed E-state index contributed by atoms with van der Waals surface area (Å²) >= 11 is 0. The van der Waals surface area contributed by atoms with Gasteiger partial charge < -0.3 is 0 Å². The van der Waals surface area contributed by atoms with Crippen LogP contribution in [-0.2, 0) is 0 Å². The Balaban J connectivity index is 3.70. The predicted octanol–water partition coefficient (Wildman–Crippen LogP) is 3.28. The van der Waals surface area contributed by atoms with Crippen LogP contribution in [0.15, 0.2) is 0 Å². The van der Waals surface area contributed by atoms with E-state index < -0.39 is 31.1 Å². The Bertz CT molecular complexity index is 114. The van der Waals surface area contributed by atoms with Crippen molar-refractivity contribution in [1.82, 2.24) is 0 Å². The van der Waals surface area contributed by atoms with Crippen molar-refractivity contribution in [3.05, 3.63) is 6.92 Å². The van der Waals surface area contributed by atoms with Gasteiger partial charge in [0.25, 0.3) is 0 Å². The first kappa shape index (κ1) is 10.7. The molecule has 0 aliphatic carbocycles. The molecule has 0 heterocycles. The maximum Gasteiger partial charge on any atom is 0.248 e. The summed E-state index contributed by atoms with van der Waals surface area (Å²) in [5.74, 6) is -6.04. The summed E-state index contributed by atoms with van der Waals surface area (Å²) in [6.45, 7) is 3.59. The average molecular weight is 171 g/mol. The first-order valence-corrected chi connectivity index (χ1v) is 3.32. The number of rotatable bonds is 4. The van der Waals surface area contributed by atoms with Gasteiger partial charge >= 0.3 is 0 Å². The van der Waals surface area contributed by atoms with Gasteiger partial charge in [0.2, 0.25) is 11.8 Å². The Labute approximate surface area is 63.6 Å². The summed E-state index contributed by atoms with van der Waals surface area (Å²) in [4.78, 5) is 0. The highest BCUT2D eigenvalue weighted by molar-refractivity contribution is 4.71. The summed E-state index contributed by atoms with van der Waals surface area (Å²) in [5, 5.41) is 0. The lowest BCUT2D eigenvalue weighted by molar-refractivity contribution is -0.0523. The SMILES string of the molecule is [CH2]CC(F)(F)CCC(C)(F)F. The molecule has 0 spiro atoms. The van der Waals surface area contributed by atoms with Crippen molar-refractivity contribution in [3.63, 3.8) is 0 Å². The lowest BCUT2D eigenvalue weighted by Crippen LogP contribution is -2.20. The van der Waals surface area contributed by atoms with E-state index in [1.54, 1.807) is 0 Å². The fourth-order valence-corrected chi connectivity index (χ4v) is 0.527. The molecule has 0 aliphatic rings. The molecule has 0 fully saturated rings. The first-order valence-electron chi connectivity index (χ1n) is 3.32. The summed E-state index contributed by atoms with van der Waals surface area (Å²) in [7, 11) is 0. The zero-order chi connectivity index (χ0) is 9.12. The monoisotopic (exact) mass is 171 g/mol. The molecule has 0 saturated carbocycles. The quantitative estimate of drug-likeness (QED) is 0.569. The Morgan fingerprint density at radius 3 is 1.82 bits per heavy atom. The van der Waals surface area contributed by atoms with E-state index in [2.05, 4.69) is 6.92 Å². The Morgan fingerprint density at radius 2 is 1.55 bits per heavy atom. The Kier molecular flexibility index (Phi) is 3.32. The van der Waals surface area contributed by atoms with Crippen molar-refractivity contribution in [2.24, 2.45) is 0 Å². The van der Waals surface area contributed by atoms with Gasteiger partial charge in [0.15, 0.2) is 0 Å². The highest BCUT2D eigenvalue weighted by atomic mass is 19.3. The van der Waals surface area contributed by atoms with Crippen molar-refractivity contribution in [2.45, 2.75) is 38.0 Å². The van der Waals surface area contributed by atoms with Crippen LogP contribution < -0.4 is 0 Å². The van der Waals surface area contributed by atoms with Gasteiger partial charge in [0.05, 0.1) is 0 Å². The molecule has 0 N–H and O–H groups in total. The summed E-state index contributed by atoms with van der Waals surface area (Å²) in [6.07, 6.45) is -2.20. The third-order valence-corrected chi connectivity index (χ3v) is 1.30. The fourth-order valence-electron chi connectivity index (χ4n) is 0.527. The van der Waals surface area contributed by atoms with Gasteiger partial charge in [-0.2, -0.15) is 0 Å². The van der Waals surface area contributed by atoms with Crippen molar-refractivity contribution in [2.75, 3.05) is 0 Å². The summed E-state index contributed by atoms with van der Waals surface area (Å²) in [6, 6.07) is 0. The molecule has 4 heteroatoms. The van der Waals surface area contributed by atoms with E-state index in [1.165, 1.54) is 0 Å². The molecule has 0 unspecified atom stereocenters. The molecule has 1 radical (unpaired) electrons. The third kappa shape index (κ3) is 6.13. The number of halogens is 4. The second-order valence-electron chi connectivity index (χ2n) is 2.68. The minimum Gasteiger partial charge on any atom is -0.207 e. The highest BCUT2D eigenvalue weighted by Gasteiger charge is 2.31. The molecule has 0 aromatic heterocycles. The van der Waals surface area contributed by atoms with Gasteiger partial charge in [-0.05, 0) is 13.8 Å². The van der Waals surface area contributed by atoms with Crippen LogP contribution in [0.5, 0.6) is 0 Å². The lowest BCUT2D eigenvalue weighted by Gasteiger charge is -2.16. The summed E-state index contributed by atoms with van der Waals surface area (Å²) < 4.78 is 48.6. The molecule has 0 atom stereocenters. The van der Waals surface area contributed by atoms with Crippen molar-refractivity contribution in [1.29, 1.82) is 0 Å². The molecular weight excluding hydrogens is 160 g/mol. The summed E-state index contributed by atoms with van der Waals surface area (Å²) in [5.41, 5.74) is 0. The molecule has 0 aliphatic heterocycles. The zero-order valence-corrected chi connectivity index (χ0v) is 6.34. The molecular formula is C7H11F4. The van der Waals surface area contributed by atoms with E-state index in [-0.39, 0.29) is 0 Å². The molecule has 0 saturated heterocycles. The van der Waals surface area contributed by atoms with E-state index in [9.17, 15) is 17.6 Å².